The molecule has 9 heteroatoms. The van der Waals surface area contributed by atoms with Crippen LogP contribution in [-0.4, -0.2) is 75.3 Å². The van der Waals surface area contributed by atoms with E-state index in [1.807, 2.05) is 0 Å². The molecule has 174 valence electrons. The fraction of sp³-hybridized carbons (Fsp3) is 0.636. The van der Waals surface area contributed by atoms with Crippen LogP contribution in [0, 0.1) is 0 Å². The number of hydrogen-bond donors (Lipinski definition) is 3. The van der Waals surface area contributed by atoms with Gasteiger partial charge in [0.1, 0.15) is 0 Å². The number of nitrogens with one attached hydrogen (secondary N) is 3. The van der Waals surface area contributed by atoms with E-state index >= 15 is 0 Å². The molecule has 2 fully saturated rings. The minimum Gasteiger partial charge on any atom is -0.379 e. The summed E-state index contributed by atoms with van der Waals surface area (Å²) in [4.78, 5) is 19.1. The predicted molar refractivity (Wildman–Crippen MR) is 137 cm³/mol. The standard InChI is InChI=1S/C22H34ClN5O2.HI/c1-24-21(26-12-11-25-20(29)18-5-7-19(23)8-6-18)27-17-22(9-3-2-4-10-22)28-13-15-30-16-14-28;/h5-8H,2-4,9-17H2,1H3,(H,25,29)(H2,24,26,27);1H. The van der Waals surface area contributed by atoms with Crippen molar-refractivity contribution < 1.29 is 9.53 Å². The molecule has 1 amide bonds. The van der Waals surface area contributed by atoms with Gasteiger partial charge < -0.3 is 20.7 Å². The van der Waals surface area contributed by atoms with E-state index in [1.165, 1.54) is 32.1 Å². The molecule has 0 atom stereocenters. The van der Waals surface area contributed by atoms with Gasteiger partial charge in [0.25, 0.3) is 5.91 Å². The van der Waals surface area contributed by atoms with E-state index in [0.717, 1.165) is 38.8 Å². The lowest BCUT2D eigenvalue weighted by molar-refractivity contribution is -0.0352. The quantitative estimate of drug-likeness (QED) is 0.206. The van der Waals surface area contributed by atoms with Crippen LogP contribution in [0.1, 0.15) is 42.5 Å². The van der Waals surface area contributed by atoms with Crippen LogP contribution in [0.3, 0.4) is 0 Å². The molecule has 0 radical (unpaired) electrons. The Labute approximate surface area is 207 Å². The summed E-state index contributed by atoms with van der Waals surface area (Å²) in [5.41, 5.74) is 0.786. The van der Waals surface area contributed by atoms with Crippen LogP contribution in [0.4, 0.5) is 0 Å². The molecule has 31 heavy (non-hydrogen) atoms. The summed E-state index contributed by atoms with van der Waals surface area (Å²) >= 11 is 5.87. The number of carbonyl (C=O) groups excluding carboxylic acids is 1. The van der Waals surface area contributed by atoms with Crippen molar-refractivity contribution in [1.29, 1.82) is 0 Å². The summed E-state index contributed by atoms with van der Waals surface area (Å²) in [6.07, 6.45) is 6.32. The highest BCUT2D eigenvalue weighted by Crippen LogP contribution is 2.33. The zero-order valence-electron chi connectivity index (χ0n) is 18.3. The third-order valence-electron chi connectivity index (χ3n) is 6.08. The number of halogens is 2. The maximum Gasteiger partial charge on any atom is 0.251 e. The van der Waals surface area contributed by atoms with Crippen molar-refractivity contribution in [3.8, 4) is 0 Å². The first kappa shape index (κ1) is 26.2. The van der Waals surface area contributed by atoms with Gasteiger partial charge in [-0.05, 0) is 37.1 Å². The van der Waals surface area contributed by atoms with Crippen molar-refractivity contribution in [2.75, 3.05) is 53.0 Å². The highest BCUT2D eigenvalue weighted by atomic mass is 127. The van der Waals surface area contributed by atoms with E-state index in [9.17, 15) is 4.79 Å². The number of rotatable bonds is 7. The third-order valence-corrected chi connectivity index (χ3v) is 6.34. The molecule has 3 rings (SSSR count). The summed E-state index contributed by atoms with van der Waals surface area (Å²) in [6.45, 7) is 5.64. The third kappa shape index (κ3) is 7.76. The Hall–Kier alpha value is -1.10. The van der Waals surface area contributed by atoms with E-state index in [2.05, 4.69) is 25.8 Å². The van der Waals surface area contributed by atoms with E-state index in [1.54, 1.807) is 31.3 Å². The van der Waals surface area contributed by atoms with E-state index in [4.69, 9.17) is 16.3 Å². The van der Waals surface area contributed by atoms with Crippen LogP contribution < -0.4 is 16.0 Å². The second kappa shape index (κ2) is 13.4. The number of ether oxygens (including phenoxy) is 1. The number of morpholine rings is 1. The van der Waals surface area contributed by atoms with Crippen molar-refractivity contribution in [2.45, 2.75) is 37.6 Å². The Balaban J connectivity index is 0.00000341. The van der Waals surface area contributed by atoms with Crippen LogP contribution in [0.2, 0.25) is 5.02 Å². The number of benzene rings is 1. The first-order valence-corrected chi connectivity index (χ1v) is 11.3. The number of hydrogen-bond acceptors (Lipinski definition) is 4. The lowest BCUT2D eigenvalue weighted by atomic mass is 9.80. The highest BCUT2D eigenvalue weighted by molar-refractivity contribution is 14.0. The van der Waals surface area contributed by atoms with Gasteiger partial charge in [0.2, 0.25) is 0 Å². The Morgan fingerprint density at radius 2 is 1.71 bits per heavy atom. The van der Waals surface area contributed by atoms with Crippen molar-refractivity contribution >= 4 is 47.4 Å². The van der Waals surface area contributed by atoms with Gasteiger partial charge in [-0.15, -0.1) is 24.0 Å². The Kier molecular flexibility index (Phi) is 11.3. The van der Waals surface area contributed by atoms with Crippen LogP contribution in [0.15, 0.2) is 29.3 Å². The molecule has 3 N–H and O–H groups in total. The maximum atomic E-state index is 12.2. The molecule has 0 aromatic heterocycles. The lowest BCUT2D eigenvalue weighted by Crippen LogP contribution is -2.60. The number of guanidine groups is 1. The maximum absolute atomic E-state index is 12.2. The molecule has 1 aliphatic heterocycles. The molecule has 0 bridgehead atoms. The molecule has 1 heterocycles. The van der Waals surface area contributed by atoms with Gasteiger partial charge in [0, 0.05) is 55.9 Å². The largest absolute Gasteiger partial charge is 0.379 e. The molecular weight excluding hydrogens is 529 g/mol. The van der Waals surface area contributed by atoms with E-state index in [0.29, 0.717) is 23.7 Å². The van der Waals surface area contributed by atoms with Crippen LogP contribution in [0.5, 0.6) is 0 Å². The zero-order valence-corrected chi connectivity index (χ0v) is 21.4. The average molecular weight is 564 g/mol. The topological polar surface area (TPSA) is 78.0 Å². The van der Waals surface area contributed by atoms with Gasteiger partial charge in [-0.3, -0.25) is 14.7 Å². The second-order valence-corrected chi connectivity index (χ2v) is 8.44. The highest BCUT2D eigenvalue weighted by Gasteiger charge is 2.38. The zero-order chi connectivity index (χ0) is 21.2. The SMILES string of the molecule is CN=C(NCCNC(=O)c1ccc(Cl)cc1)NCC1(N2CCOCC2)CCCCC1.I. The molecule has 7 nitrogen and oxygen atoms in total. The lowest BCUT2D eigenvalue weighted by Gasteiger charge is -2.48. The molecular formula is C22H35ClIN5O2. The van der Waals surface area contributed by atoms with Gasteiger partial charge in [0.05, 0.1) is 13.2 Å². The summed E-state index contributed by atoms with van der Waals surface area (Å²) in [5, 5.41) is 10.4. The molecule has 0 spiro atoms. The van der Waals surface area contributed by atoms with Gasteiger partial charge >= 0.3 is 0 Å². The van der Waals surface area contributed by atoms with E-state index < -0.39 is 0 Å². The van der Waals surface area contributed by atoms with Crippen molar-refractivity contribution in [2.24, 2.45) is 4.99 Å². The minimum atomic E-state index is -0.107. The number of amides is 1. The Morgan fingerprint density at radius 1 is 1.06 bits per heavy atom. The van der Waals surface area contributed by atoms with Crippen molar-refractivity contribution in [3.63, 3.8) is 0 Å². The molecule has 1 aromatic carbocycles. The molecule has 0 unspecified atom stereocenters. The van der Waals surface area contributed by atoms with Crippen LogP contribution in [-0.2, 0) is 4.74 Å². The summed E-state index contributed by atoms with van der Waals surface area (Å²) in [5.74, 6) is 0.666. The van der Waals surface area contributed by atoms with Gasteiger partial charge in [0.15, 0.2) is 5.96 Å². The first-order valence-electron chi connectivity index (χ1n) is 10.9. The molecule has 1 saturated heterocycles. The monoisotopic (exact) mass is 563 g/mol. The fourth-order valence-electron chi connectivity index (χ4n) is 4.38. The molecule has 1 aromatic rings. The Morgan fingerprint density at radius 3 is 2.35 bits per heavy atom. The average Bonchev–Trinajstić information content (AvgIpc) is 2.80. The smallest absolute Gasteiger partial charge is 0.251 e. The Bertz CT molecular complexity index is 704. The normalized spacial score (nSPS) is 19.2. The minimum absolute atomic E-state index is 0. The second-order valence-electron chi connectivity index (χ2n) is 8.00. The molecule has 1 aliphatic carbocycles. The van der Waals surface area contributed by atoms with Crippen LogP contribution >= 0.6 is 35.6 Å². The number of carbonyl (C=O) groups is 1. The number of aliphatic imine (C=N–C) groups is 1. The van der Waals surface area contributed by atoms with Crippen molar-refractivity contribution in [3.05, 3.63) is 34.9 Å². The fourth-order valence-corrected chi connectivity index (χ4v) is 4.51. The van der Waals surface area contributed by atoms with Crippen molar-refractivity contribution in [1.82, 2.24) is 20.9 Å². The molecule has 2 aliphatic rings. The van der Waals surface area contributed by atoms with E-state index in [-0.39, 0.29) is 35.4 Å². The van der Waals surface area contributed by atoms with Gasteiger partial charge in [-0.2, -0.15) is 0 Å². The van der Waals surface area contributed by atoms with Gasteiger partial charge in [-0.1, -0.05) is 30.9 Å². The summed E-state index contributed by atoms with van der Waals surface area (Å²) < 4.78 is 5.57. The summed E-state index contributed by atoms with van der Waals surface area (Å²) in [6, 6.07) is 6.88. The predicted octanol–water partition coefficient (Wildman–Crippen LogP) is 2.89. The van der Waals surface area contributed by atoms with Gasteiger partial charge in [-0.25, -0.2) is 0 Å². The first-order chi connectivity index (χ1) is 14.6. The summed E-state index contributed by atoms with van der Waals surface area (Å²) in [7, 11) is 1.78. The molecule has 1 saturated carbocycles. The number of nitrogens with zero attached hydrogens (tertiary/aromatic N) is 2. The van der Waals surface area contributed by atoms with Crippen LogP contribution in [0.25, 0.3) is 0 Å².